The normalized spacial score (nSPS) is 11.7. The molecule has 0 bridgehead atoms. The lowest BCUT2D eigenvalue weighted by atomic mass is 10.1. The number of carbonyl (C=O) groups is 1. The number of nitrogens with zero attached hydrogens (tertiary/aromatic N) is 2. The predicted molar refractivity (Wildman–Crippen MR) is 118 cm³/mol. The van der Waals surface area contributed by atoms with Gasteiger partial charge in [0, 0.05) is 10.6 Å². The van der Waals surface area contributed by atoms with E-state index in [0.717, 1.165) is 26.9 Å². The number of hydrogen-bond acceptors (Lipinski definition) is 4. The molecule has 0 spiro atoms. The van der Waals surface area contributed by atoms with Crippen LogP contribution in [0.5, 0.6) is 0 Å². The minimum atomic E-state index is -3.78. The molecule has 0 fully saturated rings. The van der Waals surface area contributed by atoms with Crippen LogP contribution in [0, 0.1) is 0 Å². The van der Waals surface area contributed by atoms with Crippen LogP contribution in [0.25, 0.3) is 10.8 Å². The first-order chi connectivity index (χ1) is 13.8. The zero-order chi connectivity index (χ0) is 21.0. The molecule has 1 N–H and O–H groups in total. The fourth-order valence-electron chi connectivity index (χ4n) is 2.76. The lowest BCUT2D eigenvalue weighted by molar-refractivity contribution is -0.119. The van der Waals surface area contributed by atoms with Crippen molar-refractivity contribution < 1.29 is 13.2 Å². The smallest absolute Gasteiger partial charge is 0.260 e. The van der Waals surface area contributed by atoms with Crippen LogP contribution in [0.4, 0.5) is 5.69 Å². The van der Waals surface area contributed by atoms with Gasteiger partial charge in [-0.3, -0.25) is 9.10 Å². The molecule has 0 aliphatic rings. The Bertz CT molecular complexity index is 1190. The highest BCUT2D eigenvalue weighted by Crippen LogP contribution is 2.30. The summed E-state index contributed by atoms with van der Waals surface area (Å²) in [5.41, 5.74) is 3.29. The van der Waals surface area contributed by atoms with Gasteiger partial charge >= 0.3 is 0 Å². The molecule has 0 aliphatic carbocycles. The number of nitrogens with one attached hydrogen (secondary N) is 1. The van der Waals surface area contributed by atoms with Crippen LogP contribution >= 0.6 is 23.2 Å². The molecule has 0 atom stereocenters. The fraction of sp³-hybridized carbons (Fsp3) is 0.100. The standard InChI is InChI=1S/C20H17Cl2N3O3S/c1-29(27,28)25(19-11-16(21)9-10-18(19)22)13-20(26)24-23-12-15-7-4-6-14-5-2-3-8-17(14)15/h2-12H,13H2,1H3,(H,24,26)/b23-12-. The molecule has 0 saturated heterocycles. The summed E-state index contributed by atoms with van der Waals surface area (Å²) < 4.78 is 25.2. The third-order valence-corrected chi connectivity index (χ3v) is 5.76. The molecule has 0 heterocycles. The van der Waals surface area contributed by atoms with E-state index in [2.05, 4.69) is 10.5 Å². The van der Waals surface area contributed by atoms with E-state index < -0.39 is 22.5 Å². The number of benzene rings is 3. The highest BCUT2D eigenvalue weighted by Gasteiger charge is 2.23. The van der Waals surface area contributed by atoms with Crippen molar-refractivity contribution in [3.63, 3.8) is 0 Å². The number of carbonyl (C=O) groups excluding carboxylic acids is 1. The van der Waals surface area contributed by atoms with E-state index in [0.29, 0.717) is 5.02 Å². The molecular formula is C20H17Cl2N3O3S. The Balaban J connectivity index is 1.77. The van der Waals surface area contributed by atoms with Gasteiger partial charge in [0.1, 0.15) is 6.54 Å². The summed E-state index contributed by atoms with van der Waals surface area (Å²) in [5.74, 6) is -0.622. The van der Waals surface area contributed by atoms with Crippen molar-refractivity contribution in [3.8, 4) is 0 Å². The number of halogens is 2. The van der Waals surface area contributed by atoms with Crippen molar-refractivity contribution >= 4 is 61.8 Å². The predicted octanol–water partition coefficient (Wildman–Crippen LogP) is 4.06. The minimum Gasteiger partial charge on any atom is -0.271 e. The van der Waals surface area contributed by atoms with Crippen LogP contribution in [0.2, 0.25) is 10.0 Å². The van der Waals surface area contributed by atoms with Crippen molar-refractivity contribution in [2.45, 2.75) is 0 Å². The monoisotopic (exact) mass is 449 g/mol. The summed E-state index contributed by atoms with van der Waals surface area (Å²) in [6.07, 6.45) is 2.49. The summed E-state index contributed by atoms with van der Waals surface area (Å²) in [6, 6.07) is 17.9. The van der Waals surface area contributed by atoms with Gasteiger partial charge < -0.3 is 0 Å². The van der Waals surface area contributed by atoms with Crippen molar-refractivity contribution in [3.05, 3.63) is 76.3 Å². The third-order valence-electron chi connectivity index (χ3n) is 4.08. The largest absolute Gasteiger partial charge is 0.271 e. The van der Waals surface area contributed by atoms with Gasteiger partial charge in [0.2, 0.25) is 10.0 Å². The summed E-state index contributed by atoms with van der Waals surface area (Å²) in [5, 5.41) is 6.44. The zero-order valence-electron chi connectivity index (χ0n) is 15.3. The van der Waals surface area contributed by atoms with Gasteiger partial charge in [-0.15, -0.1) is 0 Å². The van der Waals surface area contributed by atoms with Crippen molar-refractivity contribution in [2.75, 3.05) is 17.1 Å². The molecule has 3 aromatic carbocycles. The molecule has 0 radical (unpaired) electrons. The Kier molecular flexibility index (Phi) is 6.42. The molecule has 0 saturated carbocycles. The Morgan fingerprint density at radius 1 is 1.10 bits per heavy atom. The average Bonchev–Trinajstić information content (AvgIpc) is 2.67. The Hall–Kier alpha value is -2.61. The van der Waals surface area contributed by atoms with Gasteiger partial charge in [-0.2, -0.15) is 5.10 Å². The Morgan fingerprint density at radius 2 is 1.83 bits per heavy atom. The summed E-state index contributed by atoms with van der Waals surface area (Å²) in [7, 11) is -3.78. The van der Waals surface area contributed by atoms with Gasteiger partial charge in [-0.05, 0) is 29.0 Å². The Morgan fingerprint density at radius 3 is 2.59 bits per heavy atom. The van der Waals surface area contributed by atoms with Gasteiger partial charge in [0.15, 0.2) is 0 Å². The second kappa shape index (κ2) is 8.82. The summed E-state index contributed by atoms with van der Waals surface area (Å²) in [4.78, 5) is 12.3. The van der Waals surface area contributed by atoms with Crippen molar-refractivity contribution in [1.29, 1.82) is 0 Å². The minimum absolute atomic E-state index is 0.120. The van der Waals surface area contributed by atoms with E-state index >= 15 is 0 Å². The molecule has 0 aromatic heterocycles. The van der Waals surface area contributed by atoms with E-state index in [4.69, 9.17) is 23.2 Å². The number of amides is 1. The fourth-order valence-corrected chi connectivity index (χ4v) is 4.06. The molecule has 0 aliphatic heterocycles. The molecule has 9 heteroatoms. The second-order valence-electron chi connectivity index (χ2n) is 6.23. The topological polar surface area (TPSA) is 78.8 Å². The molecule has 6 nitrogen and oxygen atoms in total. The lowest BCUT2D eigenvalue weighted by Gasteiger charge is -2.22. The van der Waals surface area contributed by atoms with Crippen molar-refractivity contribution in [1.82, 2.24) is 5.43 Å². The number of fused-ring (bicyclic) bond motifs is 1. The average molecular weight is 450 g/mol. The van der Waals surface area contributed by atoms with Crippen LogP contribution in [0.15, 0.2) is 65.8 Å². The maximum absolute atomic E-state index is 12.3. The van der Waals surface area contributed by atoms with E-state index in [1.165, 1.54) is 24.4 Å². The highest BCUT2D eigenvalue weighted by molar-refractivity contribution is 7.92. The number of sulfonamides is 1. The summed E-state index contributed by atoms with van der Waals surface area (Å²) in [6.45, 7) is -0.494. The maximum atomic E-state index is 12.3. The molecule has 150 valence electrons. The first-order valence-corrected chi connectivity index (χ1v) is 11.1. The lowest BCUT2D eigenvalue weighted by Crippen LogP contribution is -2.39. The van der Waals surface area contributed by atoms with E-state index in [-0.39, 0.29) is 10.7 Å². The van der Waals surface area contributed by atoms with Crippen molar-refractivity contribution in [2.24, 2.45) is 5.10 Å². The van der Waals surface area contributed by atoms with Crippen LogP contribution in [-0.2, 0) is 14.8 Å². The van der Waals surface area contributed by atoms with Crippen LogP contribution in [0.1, 0.15) is 5.56 Å². The van der Waals surface area contributed by atoms with Crippen LogP contribution < -0.4 is 9.73 Å². The highest BCUT2D eigenvalue weighted by atomic mass is 35.5. The molecule has 3 aromatic rings. The number of hydrogen-bond donors (Lipinski definition) is 1. The zero-order valence-corrected chi connectivity index (χ0v) is 17.7. The first kappa shape index (κ1) is 21.1. The van der Waals surface area contributed by atoms with E-state index in [9.17, 15) is 13.2 Å². The van der Waals surface area contributed by atoms with Gasteiger partial charge in [0.25, 0.3) is 5.91 Å². The van der Waals surface area contributed by atoms with E-state index in [1.54, 1.807) is 0 Å². The Labute approximate surface area is 178 Å². The SMILES string of the molecule is CS(=O)(=O)N(CC(=O)N/N=C\c1cccc2ccccc12)c1cc(Cl)ccc1Cl. The number of anilines is 1. The third kappa shape index (κ3) is 5.26. The van der Waals surface area contributed by atoms with Crippen LogP contribution in [-0.4, -0.2) is 33.3 Å². The second-order valence-corrected chi connectivity index (χ2v) is 8.98. The van der Waals surface area contributed by atoms with Gasteiger partial charge in [0.05, 0.1) is 23.2 Å². The molecule has 0 unspecified atom stereocenters. The van der Waals surface area contributed by atoms with Gasteiger partial charge in [-0.1, -0.05) is 65.7 Å². The van der Waals surface area contributed by atoms with E-state index in [1.807, 2.05) is 42.5 Å². The molecule has 1 amide bonds. The quantitative estimate of drug-likeness (QED) is 0.455. The summed E-state index contributed by atoms with van der Waals surface area (Å²) >= 11 is 12.0. The maximum Gasteiger partial charge on any atom is 0.260 e. The van der Waals surface area contributed by atoms with Crippen LogP contribution in [0.3, 0.4) is 0 Å². The molecule has 3 rings (SSSR count). The molecule has 29 heavy (non-hydrogen) atoms. The number of rotatable bonds is 6. The molecular weight excluding hydrogens is 433 g/mol. The first-order valence-electron chi connectivity index (χ1n) is 8.48. The van der Waals surface area contributed by atoms with Gasteiger partial charge in [-0.25, -0.2) is 13.8 Å². The number of hydrazone groups is 1.